The second kappa shape index (κ2) is 4.96. The molecule has 0 unspecified atom stereocenters. The third-order valence-electron chi connectivity index (χ3n) is 0.599. The topological polar surface area (TPSA) is 36.2 Å². The van der Waals surface area contributed by atoms with Gasteiger partial charge in [0.25, 0.3) is 0 Å². The third kappa shape index (κ3) is 3.98. The van der Waals surface area contributed by atoms with Crippen LogP contribution in [-0.4, -0.2) is 12.4 Å². The predicted octanol–water partition coefficient (Wildman–Crippen LogP) is 2.00. The van der Waals surface area contributed by atoms with Crippen molar-refractivity contribution < 1.29 is 0 Å². The van der Waals surface area contributed by atoms with E-state index in [9.17, 15) is 0 Å². The van der Waals surface area contributed by atoms with E-state index in [4.69, 9.17) is 5.41 Å². The molecule has 0 saturated heterocycles. The molecule has 0 aromatic heterocycles. The Kier molecular flexibility index (Phi) is 4.84. The molecule has 0 atom stereocenters. The van der Waals surface area contributed by atoms with Gasteiger partial charge < -0.3 is 5.41 Å². The number of nitrogens with zero attached hydrogens (tertiary/aromatic N) is 1. The highest BCUT2D eigenvalue weighted by Gasteiger charge is 1.74. The van der Waals surface area contributed by atoms with Gasteiger partial charge >= 0.3 is 0 Å². The first-order chi connectivity index (χ1) is 3.81. The molecule has 0 aliphatic heterocycles. The van der Waals surface area contributed by atoms with Crippen LogP contribution in [0.4, 0.5) is 0 Å². The molecule has 0 amide bonds. The summed E-state index contributed by atoms with van der Waals surface area (Å²) in [5, 5.41) is 6.65. The number of rotatable bonds is 2. The molecule has 2 nitrogen and oxygen atoms in total. The van der Waals surface area contributed by atoms with Gasteiger partial charge in [-0.1, -0.05) is 0 Å². The van der Waals surface area contributed by atoms with Crippen molar-refractivity contribution in [2.75, 3.05) is 0 Å². The molecule has 1 N–H and O–H groups in total. The van der Waals surface area contributed by atoms with Crippen molar-refractivity contribution in [3.8, 4) is 0 Å². The monoisotopic (exact) mass is 222 g/mol. The van der Waals surface area contributed by atoms with Crippen LogP contribution in [0.25, 0.3) is 0 Å². The largest absolute Gasteiger partial charge is 0.309 e. The molecule has 0 aliphatic rings. The fraction of sp³-hybridized carbons (Fsp3) is 0.200. The van der Waals surface area contributed by atoms with E-state index in [-0.39, 0.29) is 0 Å². The lowest BCUT2D eigenvalue weighted by molar-refractivity contribution is 1.56. The summed E-state index contributed by atoms with van der Waals surface area (Å²) in [5.74, 6) is 0. The molecule has 0 radical (unpaired) electrons. The summed E-state index contributed by atoms with van der Waals surface area (Å²) in [7, 11) is 0. The molecule has 0 aromatic rings. The number of allylic oxidation sites excluding steroid dienone is 2. The van der Waals surface area contributed by atoms with E-state index in [1.807, 2.05) is 29.8 Å². The van der Waals surface area contributed by atoms with Crippen LogP contribution in [0.15, 0.2) is 14.9 Å². The van der Waals surface area contributed by atoms with Gasteiger partial charge in [-0.15, -0.1) is 0 Å². The maximum absolute atomic E-state index is 6.65. The summed E-state index contributed by atoms with van der Waals surface area (Å²) in [5.41, 5.74) is 0.995. The van der Waals surface area contributed by atoms with Crippen LogP contribution < -0.4 is 0 Å². The quantitative estimate of drug-likeness (QED) is 0.548. The van der Waals surface area contributed by atoms with Gasteiger partial charge in [-0.3, -0.25) is 0 Å². The van der Waals surface area contributed by atoms with Crippen LogP contribution in [0.1, 0.15) is 6.92 Å². The Morgan fingerprint density at radius 1 is 1.75 bits per heavy atom. The SMILES string of the molecule is CC(/C=N\I)=C/C=N. The number of hydrogen-bond donors (Lipinski definition) is 1. The van der Waals surface area contributed by atoms with Gasteiger partial charge in [0.1, 0.15) is 0 Å². The van der Waals surface area contributed by atoms with Crippen molar-refractivity contribution in [3.05, 3.63) is 11.6 Å². The molecule has 0 spiro atoms. The number of halogens is 1. The van der Waals surface area contributed by atoms with Gasteiger partial charge in [-0.05, 0) is 18.6 Å². The van der Waals surface area contributed by atoms with Crippen molar-refractivity contribution in [1.82, 2.24) is 0 Å². The van der Waals surface area contributed by atoms with Crippen LogP contribution in [-0.2, 0) is 0 Å². The summed E-state index contributed by atoms with van der Waals surface area (Å²) in [6, 6.07) is 0. The van der Waals surface area contributed by atoms with Crippen LogP contribution in [0.2, 0.25) is 0 Å². The summed E-state index contributed by atoms with van der Waals surface area (Å²) in [4.78, 5) is 0. The van der Waals surface area contributed by atoms with E-state index in [2.05, 4.69) is 3.21 Å². The van der Waals surface area contributed by atoms with Crippen molar-refractivity contribution in [2.45, 2.75) is 6.92 Å². The van der Waals surface area contributed by atoms with Crippen LogP contribution >= 0.6 is 22.9 Å². The first-order valence-electron chi connectivity index (χ1n) is 2.13. The second-order valence-electron chi connectivity index (χ2n) is 1.30. The van der Waals surface area contributed by atoms with Crippen LogP contribution in [0, 0.1) is 5.41 Å². The molecule has 8 heavy (non-hydrogen) atoms. The maximum atomic E-state index is 6.65. The standard InChI is InChI=1S/C5H7IN2/c1-5(2-3-7)4-8-6/h2-4,7H,1H3/b5-2-,7-3?,8-4-. The molecule has 0 aliphatic carbocycles. The van der Waals surface area contributed by atoms with Crippen molar-refractivity contribution in [1.29, 1.82) is 5.41 Å². The first-order valence-corrected chi connectivity index (χ1v) is 3.09. The van der Waals surface area contributed by atoms with E-state index >= 15 is 0 Å². The molecular formula is C5H7IN2. The minimum Gasteiger partial charge on any atom is -0.309 e. The Morgan fingerprint density at radius 2 is 2.38 bits per heavy atom. The molecule has 0 aromatic carbocycles. The average Bonchev–Trinajstić information content (AvgIpc) is 1.68. The second-order valence-corrected chi connectivity index (χ2v) is 1.86. The Balaban J connectivity index is 3.79. The van der Waals surface area contributed by atoms with E-state index in [0.29, 0.717) is 0 Å². The lowest BCUT2D eigenvalue weighted by Crippen LogP contribution is -1.74. The molecule has 0 rings (SSSR count). The van der Waals surface area contributed by atoms with Crippen molar-refractivity contribution in [3.63, 3.8) is 0 Å². The summed E-state index contributed by atoms with van der Waals surface area (Å²) in [6.07, 6.45) is 4.63. The van der Waals surface area contributed by atoms with Gasteiger partial charge in [0.2, 0.25) is 0 Å². The van der Waals surface area contributed by atoms with Crippen LogP contribution in [0.5, 0.6) is 0 Å². The maximum Gasteiger partial charge on any atom is 0.0831 e. The zero-order valence-electron chi connectivity index (χ0n) is 4.56. The highest BCUT2D eigenvalue weighted by molar-refractivity contribution is 14.1. The Morgan fingerprint density at radius 3 is 2.75 bits per heavy atom. The molecule has 44 valence electrons. The van der Waals surface area contributed by atoms with Gasteiger partial charge in [0.05, 0.1) is 22.9 Å². The summed E-state index contributed by atoms with van der Waals surface area (Å²) < 4.78 is 3.73. The summed E-state index contributed by atoms with van der Waals surface area (Å²) >= 11 is 1.90. The fourth-order valence-corrected chi connectivity index (χ4v) is 0.691. The number of nitrogens with one attached hydrogen (secondary N) is 1. The minimum atomic E-state index is 0.995. The smallest absolute Gasteiger partial charge is 0.0831 e. The average molecular weight is 222 g/mol. The Labute approximate surface area is 62.7 Å². The van der Waals surface area contributed by atoms with E-state index in [0.717, 1.165) is 5.57 Å². The lowest BCUT2D eigenvalue weighted by Gasteiger charge is -1.80. The molecule has 0 saturated carbocycles. The third-order valence-corrected chi connectivity index (χ3v) is 0.877. The predicted molar refractivity (Wildman–Crippen MR) is 45.1 cm³/mol. The minimum absolute atomic E-state index is 0.995. The fourth-order valence-electron chi connectivity index (χ4n) is 0.251. The molecule has 0 bridgehead atoms. The molecular weight excluding hydrogens is 215 g/mol. The highest BCUT2D eigenvalue weighted by atomic mass is 127. The molecule has 0 heterocycles. The van der Waals surface area contributed by atoms with Gasteiger partial charge in [0.15, 0.2) is 0 Å². The van der Waals surface area contributed by atoms with E-state index < -0.39 is 0 Å². The summed E-state index contributed by atoms with van der Waals surface area (Å²) in [6.45, 7) is 1.90. The van der Waals surface area contributed by atoms with Gasteiger partial charge in [-0.25, -0.2) is 3.21 Å². The molecule has 3 heteroatoms. The zero-order chi connectivity index (χ0) is 6.41. The Hall–Kier alpha value is -0.190. The van der Waals surface area contributed by atoms with Crippen molar-refractivity contribution in [2.24, 2.45) is 3.21 Å². The van der Waals surface area contributed by atoms with Crippen molar-refractivity contribution >= 4 is 35.3 Å². The van der Waals surface area contributed by atoms with E-state index in [1.165, 1.54) is 6.21 Å². The normalized spacial score (nSPS) is 12.5. The van der Waals surface area contributed by atoms with Gasteiger partial charge in [-0.2, -0.15) is 0 Å². The Bertz CT molecular complexity index is 126. The lowest BCUT2D eigenvalue weighted by atomic mass is 10.3. The first kappa shape index (κ1) is 7.81. The van der Waals surface area contributed by atoms with Crippen LogP contribution in [0.3, 0.4) is 0 Å². The number of hydrogen-bond acceptors (Lipinski definition) is 2. The zero-order valence-corrected chi connectivity index (χ0v) is 6.71. The highest BCUT2D eigenvalue weighted by Crippen LogP contribution is 1.87. The molecule has 0 fully saturated rings. The van der Waals surface area contributed by atoms with E-state index in [1.54, 1.807) is 12.3 Å². The van der Waals surface area contributed by atoms with Gasteiger partial charge in [0, 0.05) is 12.4 Å².